The summed E-state index contributed by atoms with van der Waals surface area (Å²) in [6.45, 7) is 0.435. The van der Waals surface area contributed by atoms with E-state index < -0.39 is 0 Å². The van der Waals surface area contributed by atoms with E-state index in [-0.39, 0.29) is 29.8 Å². The molecule has 116 valence electrons. The van der Waals surface area contributed by atoms with Crippen molar-refractivity contribution >= 4 is 35.6 Å². The van der Waals surface area contributed by atoms with Crippen LogP contribution < -0.4 is 11.1 Å². The molecule has 3 rings (SSSR count). The van der Waals surface area contributed by atoms with Crippen LogP contribution >= 0.6 is 24.0 Å². The molecule has 0 saturated carbocycles. The highest BCUT2D eigenvalue weighted by atomic mass is 127. The molecule has 3 N–H and O–H groups in total. The summed E-state index contributed by atoms with van der Waals surface area (Å²) in [6.07, 6.45) is 3.54. The lowest BCUT2D eigenvalue weighted by Gasteiger charge is -2.08. The van der Waals surface area contributed by atoms with E-state index in [1.807, 2.05) is 6.07 Å². The topological polar surface area (TPSA) is 50.4 Å². The lowest BCUT2D eigenvalue weighted by atomic mass is 10.1. The van der Waals surface area contributed by atoms with Crippen molar-refractivity contribution in [3.05, 3.63) is 65.0 Å². The first-order chi connectivity index (χ1) is 10.2. The number of anilines is 1. The maximum absolute atomic E-state index is 12.8. The Hall–Kier alpha value is -1.63. The van der Waals surface area contributed by atoms with Crippen LogP contribution in [0.15, 0.2) is 47.5 Å². The molecular weight excluding hydrogens is 392 g/mol. The molecule has 0 spiro atoms. The van der Waals surface area contributed by atoms with Gasteiger partial charge in [-0.1, -0.05) is 18.2 Å². The van der Waals surface area contributed by atoms with E-state index in [2.05, 4.69) is 22.4 Å². The smallest absolute Gasteiger partial charge is 0.193 e. The average molecular weight is 411 g/mol. The molecule has 0 radical (unpaired) electrons. The Morgan fingerprint density at radius 3 is 2.59 bits per heavy atom. The second-order valence-corrected chi connectivity index (χ2v) is 5.29. The van der Waals surface area contributed by atoms with E-state index in [0.29, 0.717) is 12.5 Å². The number of rotatable bonds is 3. The number of guanidine groups is 1. The van der Waals surface area contributed by atoms with Gasteiger partial charge in [-0.2, -0.15) is 0 Å². The van der Waals surface area contributed by atoms with Crippen molar-refractivity contribution in [3.8, 4) is 0 Å². The number of fused-ring (bicyclic) bond motifs is 1. The van der Waals surface area contributed by atoms with Crippen molar-refractivity contribution in [2.45, 2.75) is 25.8 Å². The standard InChI is InChI=1S/C17H18FN3.HI/c18-15-7-4-12(5-8-15)11-20-17(19)21-16-9-6-13-2-1-3-14(13)10-16;/h4-10H,1-3,11H2,(H3,19,20,21);1H. The lowest BCUT2D eigenvalue weighted by Crippen LogP contribution is -2.22. The number of halogens is 2. The Morgan fingerprint density at radius 1 is 1.09 bits per heavy atom. The fraction of sp³-hybridized carbons (Fsp3) is 0.235. The first-order valence-corrected chi connectivity index (χ1v) is 7.14. The maximum atomic E-state index is 12.8. The molecule has 0 heterocycles. The van der Waals surface area contributed by atoms with E-state index in [1.54, 1.807) is 12.1 Å². The van der Waals surface area contributed by atoms with Crippen LogP contribution in [0.5, 0.6) is 0 Å². The fourth-order valence-electron chi connectivity index (χ4n) is 2.60. The minimum Gasteiger partial charge on any atom is -0.370 e. The van der Waals surface area contributed by atoms with Crippen molar-refractivity contribution in [2.24, 2.45) is 10.7 Å². The molecule has 0 fully saturated rings. The predicted molar refractivity (Wildman–Crippen MR) is 99.2 cm³/mol. The van der Waals surface area contributed by atoms with Gasteiger partial charge in [0.2, 0.25) is 0 Å². The Kier molecular flexibility index (Phi) is 5.76. The molecule has 0 amide bonds. The number of nitrogens with one attached hydrogen (secondary N) is 1. The maximum Gasteiger partial charge on any atom is 0.193 e. The van der Waals surface area contributed by atoms with Crippen LogP contribution in [0.3, 0.4) is 0 Å². The molecule has 0 saturated heterocycles. The summed E-state index contributed by atoms with van der Waals surface area (Å²) in [4.78, 5) is 4.27. The monoisotopic (exact) mass is 411 g/mol. The van der Waals surface area contributed by atoms with Crippen molar-refractivity contribution in [1.82, 2.24) is 0 Å². The Labute approximate surface area is 146 Å². The Bertz CT molecular complexity index is 668. The number of aliphatic imine (C=N–C) groups is 1. The van der Waals surface area contributed by atoms with E-state index in [1.165, 1.54) is 36.1 Å². The molecule has 0 unspecified atom stereocenters. The molecule has 1 aliphatic rings. The molecule has 0 atom stereocenters. The summed E-state index contributed by atoms with van der Waals surface area (Å²) >= 11 is 0. The molecule has 0 aromatic heterocycles. The van der Waals surface area contributed by atoms with Crippen LogP contribution in [0, 0.1) is 5.82 Å². The first-order valence-electron chi connectivity index (χ1n) is 7.14. The number of hydrogen-bond acceptors (Lipinski definition) is 1. The fourth-order valence-corrected chi connectivity index (χ4v) is 2.60. The second kappa shape index (κ2) is 7.58. The summed E-state index contributed by atoms with van der Waals surface area (Å²) in [5.41, 5.74) is 10.6. The highest BCUT2D eigenvalue weighted by molar-refractivity contribution is 14.0. The highest BCUT2D eigenvalue weighted by Crippen LogP contribution is 2.24. The molecule has 1 aliphatic carbocycles. The molecular formula is C17H19FIN3. The van der Waals surface area contributed by atoms with Gasteiger partial charge in [-0.25, -0.2) is 9.38 Å². The summed E-state index contributed by atoms with van der Waals surface area (Å²) in [6, 6.07) is 12.6. The number of nitrogens with zero attached hydrogens (tertiary/aromatic N) is 1. The van der Waals surface area contributed by atoms with Crippen LogP contribution in [-0.2, 0) is 19.4 Å². The minimum atomic E-state index is -0.244. The van der Waals surface area contributed by atoms with Crippen LogP contribution in [0.25, 0.3) is 0 Å². The zero-order valence-electron chi connectivity index (χ0n) is 12.2. The number of hydrogen-bond donors (Lipinski definition) is 2. The zero-order valence-corrected chi connectivity index (χ0v) is 14.5. The van der Waals surface area contributed by atoms with Crippen molar-refractivity contribution < 1.29 is 4.39 Å². The lowest BCUT2D eigenvalue weighted by molar-refractivity contribution is 0.627. The van der Waals surface area contributed by atoms with E-state index in [9.17, 15) is 4.39 Å². The summed E-state index contributed by atoms with van der Waals surface area (Å²) in [5, 5.41) is 3.11. The van der Waals surface area contributed by atoms with Gasteiger partial charge in [0.25, 0.3) is 0 Å². The zero-order chi connectivity index (χ0) is 14.7. The Balaban J connectivity index is 0.00000176. The summed E-state index contributed by atoms with van der Waals surface area (Å²) in [7, 11) is 0. The van der Waals surface area contributed by atoms with E-state index in [4.69, 9.17) is 5.73 Å². The third-order valence-electron chi connectivity index (χ3n) is 3.72. The number of benzene rings is 2. The normalized spacial score (nSPS) is 13.4. The first kappa shape index (κ1) is 16.7. The summed E-state index contributed by atoms with van der Waals surface area (Å²) < 4.78 is 12.8. The molecule has 2 aromatic rings. The largest absolute Gasteiger partial charge is 0.370 e. The molecule has 0 aliphatic heterocycles. The quantitative estimate of drug-likeness (QED) is 0.458. The average Bonchev–Trinajstić information content (AvgIpc) is 2.94. The summed E-state index contributed by atoms with van der Waals surface area (Å²) in [5.74, 6) is 0.129. The van der Waals surface area contributed by atoms with Gasteiger partial charge in [-0.15, -0.1) is 24.0 Å². The van der Waals surface area contributed by atoms with Crippen LogP contribution in [0.2, 0.25) is 0 Å². The van der Waals surface area contributed by atoms with Gasteiger partial charge in [0.05, 0.1) is 6.54 Å². The van der Waals surface area contributed by atoms with Gasteiger partial charge in [-0.05, 0) is 60.2 Å². The third-order valence-corrected chi connectivity index (χ3v) is 3.72. The third kappa shape index (κ3) is 4.19. The van der Waals surface area contributed by atoms with Crippen molar-refractivity contribution in [1.29, 1.82) is 0 Å². The van der Waals surface area contributed by atoms with E-state index >= 15 is 0 Å². The van der Waals surface area contributed by atoms with Gasteiger partial charge in [0, 0.05) is 5.69 Å². The van der Waals surface area contributed by atoms with Crippen molar-refractivity contribution in [2.75, 3.05) is 5.32 Å². The number of nitrogens with two attached hydrogens (primary N) is 1. The molecule has 5 heteroatoms. The van der Waals surface area contributed by atoms with Gasteiger partial charge in [0.15, 0.2) is 5.96 Å². The SMILES string of the molecule is I.NC(=NCc1ccc(F)cc1)Nc1ccc2c(c1)CCC2. The molecule has 0 bridgehead atoms. The van der Waals surface area contributed by atoms with Crippen LogP contribution in [0.1, 0.15) is 23.1 Å². The second-order valence-electron chi connectivity index (χ2n) is 5.29. The number of aryl methyl sites for hydroxylation is 2. The van der Waals surface area contributed by atoms with Gasteiger partial charge >= 0.3 is 0 Å². The van der Waals surface area contributed by atoms with Gasteiger partial charge in [-0.3, -0.25) is 0 Å². The van der Waals surface area contributed by atoms with Crippen molar-refractivity contribution in [3.63, 3.8) is 0 Å². The van der Waals surface area contributed by atoms with Crippen LogP contribution in [-0.4, -0.2) is 5.96 Å². The highest BCUT2D eigenvalue weighted by Gasteiger charge is 2.10. The van der Waals surface area contributed by atoms with Crippen LogP contribution in [0.4, 0.5) is 10.1 Å². The van der Waals surface area contributed by atoms with Gasteiger partial charge in [0.1, 0.15) is 5.82 Å². The Morgan fingerprint density at radius 2 is 1.82 bits per heavy atom. The minimum absolute atomic E-state index is 0. The predicted octanol–water partition coefficient (Wildman–Crippen LogP) is 3.86. The van der Waals surface area contributed by atoms with E-state index in [0.717, 1.165) is 17.7 Å². The van der Waals surface area contributed by atoms with Gasteiger partial charge < -0.3 is 11.1 Å². The molecule has 3 nitrogen and oxygen atoms in total. The molecule has 2 aromatic carbocycles. The molecule has 22 heavy (non-hydrogen) atoms.